The number of unbranched alkanes of at least 4 members (excludes halogenated alkanes) is 1. The smallest absolute Gasteiger partial charge is 0.416 e. The van der Waals surface area contributed by atoms with E-state index in [-0.39, 0.29) is 31.1 Å². The summed E-state index contributed by atoms with van der Waals surface area (Å²) in [4.78, 5) is 10.5. The fourth-order valence-electron chi connectivity index (χ4n) is 3.70. The normalized spacial score (nSPS) is 24.9. The monoisotopic (exact) mass is 458 g/mol. The molecule has 1 aromatic carbocycles. The van der Waals surface area contributed by atoms with E-state index in [2.05, 4.69) is 0 Å². The van der Waals surface area contributed by atoms with Crippen LogP contribution in [-0.2, 0) is 11.0 Å². The van der Waals surface area contributed by atoms with Crippen molar-refractivity contribution in [2.75, 3.05) is 6.61 Å². The molecule has 0 bridgehead atoms. The number of hydrogen-bond donors (Lipinski definition) is 4. The van der Waals surface area contributed by atoms with Crippen LogP contribution in [0.2, 0.25) is 0 Å². The van der Waals surface area contributed by atoms with E-state index >= 15 is 0 Å². The Bertz CT molecular complexity index is 792. The summed E-state index contributed by atoms with van der Waals surface area (Å²) in [7, 11) is 0. The van der Waals surface area contributed by atoms with Crippen molar-refractivity contribution in [3.05, 3.63) is 54.1 Å². The summed E-state index contributed by atoms with van der Waals surface area (Å²) >= 11 is 0. The van der Waals surface area contributed by atoms with Crippen LogP contribution in [0.1, 0.15) is 37.7 Å². The quantitative estimate of drug-likeness (QED) is 0.298. The number of rotatable bonds is 11. The molecule has 1 aliphatic carbocycles. The first-order valence-electron chi connectivity index (χ1n) is 10.5. The first kappa shape index (κ1) is 25.9. The molecule has 1 fully saturated rings. The summed E-state index contributed by atoms with van der Waals surface area (Å²) < 4.78 is 43.5. The van der Waals surface area contributed by atoms with Crippen LogP contribution in [0.25, 0.3) is 0 Å². The van der Waals surface area contributed by atoms with E-state index in [1.54, 1.807) is 6.08 Å². The van der Waals surface area contributed by atoms with E-state index in [4.69, 9.17) is 9.84 Å². The van der Waals surface area contributed by atoms with Crippen molar-refractivity contribution in [2.45, 2.75) is 56.6 Å². The minimum atomic E-state index is -4.49. The average molecular weight is 458 g/mol. The van der Waals surface area contributed by atoms with Gasteiger partial charge in [0.1, 0.15) is 18.5 Å². The van der Waals surface area contributed by atoms with Gasteiger partial charge in [0.25, 0.3) is 0 Å². The second-order valence-corrected chi connectivity index (χ2v) is 7.89. The first-order chi connectivity index (χ1) is 15.1. The fraction of sp³-hybridized carbons (Fsp3) is 0.522. The molecule has 0 aliphatic heterocycles. The summed E-state index contributed by atoms with van der Waals surface area (Å²) in [6, 6.07) is 4.36. The molecule has 0 amide bonds. The number of alkyl halides is 3. The van der Waals surface area contributed by atoms with Crippen molar-refractivity contribution in [3.63, 3.8) is 0 Å². The number of hydrogen-bond acceptors (Lipinski definition) is 5. The highest BCUT2D eigenvalue weighted by molar-refractivity contribution is 5.66. The van der Waals surface area contributed by atoms with Crippen molar-refractivity contribution >= 4 is 5.97 Å². The molecule has 0 spiro atoms. The van der Waals surface area contributed by atoms with Gasteiger partial charge in [-0.2, -0.15) is 13.2 Å². The lowest BCUT2D eigenvalue weighted by atomic mass is 9.89. The Morgan fingerprint density at radius 3 is 2.66 bits per heavy atom. The van der Waals surface area contributed by atoms with Crippen LogP contribution in [0, 0.1) is 11.8 Å². The van der Waals surface area contributed by atoms with Gasteiger partial charge in [0, 0.05) is 18.8 Å². The van der Waals surface area contributed by atoms with Crippen LogP contribution in [0.3, 0.4) is 0 Å². The molecule has 0 heterocycles. The molecule has 5 atom stereocenters. The van der Waals surface area contributed by atoms with Crippen molar-refractivity contribution in [2.24, 2.45) is 11.8 Å². The molecular weight excluding hydrogens is 429 g/mol. The zero-order chi connectivity index (χ0) is 23.7. The summed E-state index contributed by atoms with van der Waals surface area (Å²) in [6.45, 7) is -0.267. The number of aliphatic hydroxyl groups excluding tert-OH is 3. The third-order valence-electron chi connectivity index (χ3n) is 5.39. The van der Waals surface area contributed by atoms with Gasteiger partial charge in [0.15, 0.2) is 0 Å². The Morgan fingerprint density at radius 1 is 1.22 bits per heavy atom. The van der Waals surface area contributed by atoms with Crippen LogP contribution in [0.5, 0.6) is 5.75 Å². The van der Waals surface area contributed by atoms with E-state index < -0.39 is 41.9 Å². The van der Waals surface area contributed by atoms with E-state index in [1.807, 2.05) is 12.2 Å². The van der Waals surface area contributed by atoms with Gasteiger partial charge in [0.2, 0.25) is 0 Å². The number of carboxylic acid groups (broad SMARTS) is 1. The number of carbonyl (C=O) groups is 1. The molecule has 0 radical (unpaired) electrons. The van der Waals surface area contributed by atoms with Gasteiger partial charge in [0.05, 0.1) is 17.8 Å². The zero-order valence-electron chi connectivity index (χ0n) is 17.5. The molecule has 9 heteroatoms. The van der Waals surface area contributed by atoms with E-state index in [9.17, 15) is 33.3 Å². The zero-order valence-corrected chi connectivity index (χ0v) is 17.5. The highest BCUT2D eigenvalue weighted by atomic mass is 19.4. The standard InChI is InChI=1S/C23H29F3O6/c24-23(25,26)15-6-5-7-17(12-15)32-14-16(27)10-11-19-18(20(28)13-21(19)29)8-3-1-2-4-9-22(30)31/h1,3,5-7,10-12,16,18-21,27-29H,2,4,8-9,13-14H2,(H,30,31)/b3-1?,11-10+/t16-,18-,19-,20+,21-/m1/s1. The van der Waals surface area contributed by atoms with Gasteiger partial charge in [-0.1, -0.05) is 30.4 Å². The van der Waals surface area contributed by atoms with Crippen molar-refractivity contribution in [1.82, 2.24) is 0 Å². The molecule has 0 saturated heterocycles. The van der Waals surface area contributed by atoms with E-state index in [1.165, 1.54) is 18.2 Å². The number of benzene rings is 1. The number of aliphatic hydroxyl groups is 3. The third-order valence-corrected chi connectivity index (χ3v) is 5.39. The molecule has 32 heavy (non-hydrogen) atoms. The number of ether oxygens (including phenoxy) is 1. The Balaban J connectivity index is 1.87. The molecule has 6 nitrogen and oxygen atoms in total. The Labute approximate surface area is 184 Å². The van der Waals surface area contributed by atoms with Crippen LogP contribution >= 0.6 is 0 Å². The maximum absolute atomic E-state index is 12.8. The molecule has 178 valence electrons. The average Bonchev–Trinajstić information content (AvgIpc) is 2.99. The number of allylic oxidation sites excluding steroid dienone is 2. The van der Waals surface area contributed by atoms with Gasteiger partial charge in [-0.05, 0) is 43.4 Å². The Hall–Kier alpha value is -2.36. The fourth-order valence-corrected chi connectivity index (χ4v) is 3.70. The second kappa shape index (κ2) is 12.0. The molecule has 4 N–H and O–H groups in total. The highest BCUT2D eigenvalue weighted by Gasteiger charge is 2.39. The number of halogens is 3. The summed E-state index contributed by atoms with van der Waals surface area (Å²) in [5.74, 6) is -1.55. The van der Waals surface area contributed by atoms with Gasteiger partial charge in [-0.3, -0.25) is 4.79 Å². The number of carboxylic acids is 1. The minimum Gasteiger partial charge on any atom is -0.491 e. The summed E-state index contributed by atoms with van der Waals surface area (Å²) in [6.07, 6.45) is 1.48. The van der Waals surface area contributed by atoms with Crippen molar-refractivity contribution in [3.8, 4) is 5.75 Å². The highest BCUT2D eigenvalue weighted by Crippen LogP contribution is 2.36. The largest absolute Gasteiger partial charge is 0.491 e. The van der Waals surface area contributed by atoms with Gasteiger partial charge in [-0.25, -0.2) is 0 Å². The van der Waals surface area contributed by atoms with Crippen LogP contribution in [-0.4, -0.2) is 51.3 Å². The maximum atomic E-state index is 12.8. The maximum Gasteiger partial charge on any atom is 0.416 e. The topological polar surface area (TPSA) is 107 Å². The lowest BCUT2D eigenvalue weighted by Gasteiger charge is -2.19. The third kappa shape index (κ3) is 8.29. The van der Waals surface area contributed by atoms with Gasteiger partial charge in [-0.15, -0.1) is 0 Å². The first-order valence-corrected chi connectivity index (χ1v) is 10.5. The molecule has 2 rings (SSSR count). The molecular formula is C23H29F3O6. The molecule has 1 aromatic rings. The Kier molecular flexibility index (Phi) is 9.74. The van der Waals surface area contributed by atoms with Crippen LogP contribution < -0.4 is 4.74 Å². The molecule has 0 unspecified atom stereocenters. The molecule has 1 aliphatic rings. The second-order valence-electron chi connectivity index (χ2n) is 7.89. The summed E-state index contributed by atoms with van der Waals surface area (Å²) in [5, 5.41) is 39.2. The predicted molar refractivity (Wildman–Crippen MR) is 111 cm³/mol. The Morgan fingerprint density at radius 2 is 1.97 bits per heavy atom. The van der Waals surface area contributed by atoms with E-state index in [0.717, 1.165) is 12.1 Å². The molecule has 0 aromatic heterocycles. The van der Waals surface area contributed by atoms with Crippen LogP contribution in [0.4, 0.5) is 13.2 Å². The summed E-state index contributed by atoms with van der Waals surface area (Å²) in [5.41, 5.74) is -0.845. The SMILES string of the molecule is O=C(O)CCCC=CC[C@@H]1[C@@H](/C=C/[C@@H](O)COc2cccc(C(F)(F)F)c2)[C@H](O)C[C@@H]1O. The van der Waals surface area contributed by atoms with Crippen molar-refractivity contribution < 1.29 is 43.1 Å². The predicted octanol–water partition coefficient (Wildman–Crippen LogP) is 3.56. The number of aliphatic carboxylic acids is 1. The minimum absolute atomic E-state index is 0.0190. The van der Waals surface area contributed by atoms with Crippen LogP contribution in [0.15, 0.2) is 48.6 Å². The lowest BCUT2D eigenvalue weighted by Crippen LogP contribution is -2.21. The molecule has 1 saturated carbocycles. The van der Waals surface area contributed by atoms with Gasteiger partial charge >= 0.3 is 12.1 Å². The van der Waals surface area contributed by atoms with Crippen molar-refractivity contribution in [1.29, 1.82) is 0 Å². The lowest BCUT2D eigenvalue weighted by molar-refractivity contribution is -0.138. The van der Waals surface area contributed by atoms with Gasteiger partial charge < -0.3 is 25.2 Å². The van der Waals surface area contributed by atoms with E-state index in [0.29, 0.717) is 19.3 Å².